The van der Waals surface area contributed by atoms with Crippen LogP contribution in [0.2, 0.25) is 0 Å². The summed E-state index contributed by atoms with van der Waals surface area (Å²) in [5.74, 6) is 1.11. The lowest BCUT2D eigenvalue weighted by Gasteiger charge is -2.06. The van der Waals surface area contributed by atoms with E-state index in [1.54, 1.807) is 0 Å². The van der Waals surface area contributed by atoms with Crippen LogP contribution in [0, 0.1) is 0 Å². The van der Waals surface area contributed by atoms with Crippen LogP contribution in [-0.2, 0) is 4.74 Å². The lowest BCUT2D eigenvalue weighted by atomic mass is 10.1. The molecule has 0 aromatic carbocycles. The maximum absolute atomic E-state index is 5.73. The van der Waals surface area contributed by atoms with Crippen LogP contribution in [0.5, 0.6) is 0 Å². The second-order valence-electron chi connectivity index (χ2n) is 3.78. The van der Waals surface area contributed by atoms with Crippen LogP contribution in [0.15, 0.2) is 35.1 Å². The molecule has 13 heavy (non-hydrogen) atoms. The zero-order valence-electron chi connectivity index (χ0n) is 8.34. The maximum atomic E-state index is 5.73. The molecule has 0 fully saturated rings. The molecule has 0 N–H and O–H groups in total. The Balaban J connectivity index is 2.27. The van der Waals surface area contributed by atoms with Gasteiger partial charge in [0.25, 0.3) is 0 Å². The molecule has 0 saturated heterocycles. The molecule has 1 aliphatic carbocycles. The first kappa shape index (κ1) is 8.61. The van der Waals surface area contributed by atoms with Crippen LogP contribution >= 0.6 is 0 Å². The molecule has 2 aliphatic rings. The molecule has 2 rings (SSSR count). The first-order chi connectivity index (χ1) is 6.29. The van der Waals surface area contributed by atoms with Crippen LogP contribution in [0.3, 0.4) is 0 Å². The van der Waals surface area contributed by atoms with Gasteiger partial charge in [0.05, 0.1) is 0 Å². The molecule has 0 saturated carbocycles. The van der Waals surface area contributed by atoms with E-state index in [0.29, 0.717) is 6.10 Å². The van der Waals surface area contributed by atoms with E-state index in [1.807, 2.05) is 0 Å². The largest absolute Gasteiger partial charge is 0.490 e. The smallest absolute Gasteiger partial charge is 0.122 e. The van der Waals surface area contributed by atoms with Gasteiger partial charge in [-0.15, -0.1) is 0 Å². The molecule has 0 spiro atoms. The zero-order chi connectivity index (χ0) is 9.26. The van der Waals surface area contributed by atoms with E-state index >= 15 is 0 Å². The first-order valence-corrected chi connectivity index (χ1v) is 5.05. The summed E-state index contributed by atoms with van der Waals surface area (Å²) in [7, 11) is 0. The summed E-state index contributed by atoms with van der Waals surface area (Å²) in [6.45, 7) is 4.32. The van der Waals surface area contributed by atoms with Gasteiger partial charge in [-0.3, -0.25) is 0 Å². The van der Waals surface area contributed by atoms with Gasteiger partial charge in [0, 0.05) is 6.42 Å². The molecule has 1 nitrogen and oxygen atoms in total. The van der Waals surface area contributed by atoms with Gasteiger partial charge >= 0.3 is 0 Å². The molecule has 0 aromatic heterocycles. The molecule has 1 atom stereocenters. The summed E-state index contributed by atoms with van der Waals surface area (Å²) >= 11 is 0. The van der Waals surface area contributed by atoms with Crippen LogP contribution in [0.4, 0.5) is 0 Å². The topological polar surface area (TPSA) is 9.23 Å². The summed E-state index contributed by atoms with van der Waals surface area (Å²) < 4.78 is 5.73. The number of ether oxygens (including phenoxy) is 1. The Morgan fingerprint density at radius 1 is 1.54 bits per heavy atom. The number of allylic oxidation sites excluding steroid dienone is 4. The average molecular weight is 176 g/mol. The van der Waals surface area contributed by atoms with Gasteiger partial charge in [-0.1, -0.05) is 24.6 Å². The number of hydrogen-bond donors (Lipinski definition) is 0. The second-order valence-corrected chi connectivity index (χ2v) is 3.78. The third kappa shape index (κ3) is 1.69. The molecule has 0 unspecified atom stereocenters. The Bertz CT molecular complexity index is 294. The van der Waals surface area contributed by atoms with E-state index in [9.17, 15) is 0 Å². The summed E-state index contributed by atoms with van der Waals surface area (Å²) in [5, 5.41) is 0. The minimum Gasteiger partial charge on any atom is -0.490 e. The van der Waals surface area contributed by atoms with Gasteiger partial charge < -0.3 is 4.74 Å². The summed E-state index contributed by atoms with van der Waals surface area (Å²) in [4.78, 5) is 0. The van der Waals surface area contributed by atoms with Crippen molar-refractivity contribution in [3.63, 3.8) is 0 Å². The molecule has 1 heteroatoms. The SMILES string of the molecule is CCC1=CC2=C(C=CC1)C[C@@H](C)O2. The van der Waals surface area contributed by atoms with Gasteiger partial charge in [-0.25, -0.2) is 0 Å². The summed E-state index contributed by atoms with van der Waals surface area (Å²) in [6.07, 6.45) is 10.3. The van der Waals surface area contributed by atoms with E-state index in [-0.39, 0.29) is 0 Å². The summed E-state index contributed by atoms with van der Waals surface area (Å²) in [6, 6.07) is 0. The molecule has 0 bridgehead atoms. The molecular formula is C12H16O. The molecule has 70 valence electrons. The molecule has 0 aromatic rings. The first-order valence-electron chi connectivity index (χ1n) is 5.05. The highest BCUT2D eigenvalue weighted by molar-refractivity contribution is 5.38. The van der Waals surface area contributed by atoms with E-state index in [1.165, 1.54) is 11.1 Å². The van der Waals surface area contributed by atoms with Crippen molar-refractivity contribution >= 4 is 0 Å². The van der Waals surface area contributed by atoms with Gasteiger partial charge in [-0.05, 0) is 31.4 Å². The maximum Gasteiger partial charge on any atom is 0.122 e. The molecule has 0 radical (unpaired) electrons. The fraction of sp³-hybridized carbons (Fsp3) is 0.500. The van der Waals surface area contributed by atoms with Gasteiger partial charge in [-0.2, -0.15) is 0 Å². The highest BCUT2D eigenvalue weighted by atomic mass is 16.5. The Labute approximate surface area is 79.8 Å². The van der Waals surface area contributed by atoms with E-state index in [2.05, 4.69) is 32.1 Å². The van der Waals surface area contributed by atoms with E-state index in [4.69, 9.17) is 4.74 Å². The third-order valence-electron chi connectivity index (χ3n) is 2.64. The molecular weight excluding hydrogens is 160 g/mol. The lowest BCUT2D eigenvalue weighted by molar-refractivity contribution is 0.169. The van der Waals surface area contributed by atoms with Gasteiger partial charge in [0.1, 0.15) is 11.9 Å². The fourth-order valence-electron chi connectivity index (χ4n) is 1.86. The Morgan fingerprint density at radius 2 is 2.38 bits per heavy atom. The minimum atomic E-state index is 0.363. The van der Waals surface area contributed by atoms with Crippen molar-refractivity contribution in [2.45, 2.75) is 39.2 Å². The average Bonchev–Trinajstić information content (AvgIpc) is 2.33. The molecule has 0 amide bonds. The lowest BCUT2D eigenvalue weighted by Crippen LogP contribution is -1.98. The van der Waals surface area contributed by atoms with Crippen molar-refractivity contribution < 1.29 is 4.74 Å². The van der Waals surface area contributed by atoms with E-state index in [0.717, 1.165) is 25.0 Å². The monoisotopic (exact) mass is 176 g/mol. The van der Waals surface area contributed by atoms with Crippen molar-refractivity contribution in [2.24, 2.45) is 0 Å². The molecule has 1 aliphatic heterocycles. The number of hydrogen-bond acceptors (Lipinski definition) is 1. The van der Waals surface area contributed by atoms with Gasteiger partial charge in [0.2, 0.25) is 0 Å². The standard InChI is InChI=1S/C12H16O/c1-3-10-5-4-6-11-7-9(2)13-12(11)8-10/h4,6,8-9H,3,5,7H2,1-2H3/t9-/m1/s1. The van der Waals surface area contributed by atoms with Crippen LogP contribution in [-0.4, -0.2) is 6.10 Å². The van der Waals surface area contributed by atoms with Crippen LogP contribution in [0.1, 0.15) is 33.1 Å². The highest BCUT2D eigenvalue weighted by Gasteiger charge is 2.20. The quantitative estimate of drug-likeness (QED) is 0.595. The van der Waals surface area contributed by atoms with Crippen molar-refractivity contribution in [2.75, 3.05) is 0 Å². The van der Waals surface area contributed by atoms with Gasteiger partial charge in [0.15, 0.2) is 0 Å². The Kier molecular flexibility index (Phi) is 2.26. The third-order valence-corrected chi connectivity index (χ3v) is 2.64. The number of rotatable bonds is 1. The Morgan fingerprint density at radius 3 is 3.15 bits per heavy atom. The fourth-order valence-corrected chi connectivity index (χ4v) is 1.86. The van der Waals surface area contributed by atoms with Crippen LogP contribution in [0.25, 0.3) is 0 Å². The molecule has 1 heterocycles. The summed E-state index contributed by atoms with van der Waals surface area (Å²) in [5.41, 5.74) is 2.84. The Hall–Kier alpha value is -0.980. The van der Waals surface area contributed by atoms with Crippen LogP contribution < -0.4 is 0 Å². The van der Waals surface area contributed by atoms with Crippen molar-refractivity contribution in [1.29, 1.82) is 0 Å². The zero-order valence-corrected chi connectivity index (χ0v) is 8.34. The predicted octanol–water partition coefficient (Wildman–Crippen LogP) is 3.35. The van der Waals surface area contributed by atoms with Crippen molar-refractivity contribution in [1.82, 2.24) is 0 Å². The normalized spacial score (nSPS) is 26.6. The minimum absolute atomic E-state index is 0.363. The second kappa shape index (κ2) is 3.41. The van der Waals surface area contributed by atoms with Crippen molar-refractivity contribution in [3.8, 4) is 0 Å². The highest BCUT2D eigenvalue weighted by Crippen LogP contribution is 2.30. The predicted molar refractivity (Wildman–Crippen MR) is 54.3 cm³/mol. The van der Waals surface area contributed by atoms with Crippen molar-refractivity contribution in [3.05, 3.63) is 35.1 Å². The van der Waals surface area contributed by atoms with E-state index < -0.39 is 0 Å².